The Hall–Kier alpha value is -1.38. The smallest absolute Gasteiger partial charge is 0.145 e. The second-order valence-electron chi connectivity index (χ2n) is 6.07. The average molecular weight is 291 g/mol. The molecule has 1 aliphatic rings. The summed E-state index contributed by atoms with van der Waals surface area (Å²) in [4.78, 5) is 0. The fourth-order valence-corrected chi connectivity index (χ4v) is 3.36. The minimum atomic E-state index is 0.564. The lowest BCUT2D eigenvalue weighted by molar-refractivity contribution is 0.394. The van der Waals surface area contributed by atoms with Gasteiger partial charge < -0.3 is 14.8 Å². The summed E-state index contributed by atoms with van der Waals surface area (Å²) in [7, 11) is 3.39. The van der Waals surface area contributed by atoms with E-state index in [0.29, 0.717) is 6.04 Å². The summed E-state index contributed by atoms with van der Waals surface area (Å²) < 4.78 is 10.7. The van der Waals surface area contributed by atoms with Crippen molar-refractivity contribution < 1.29 is 9.47 Å². The van der Waals surface area contributed by atoms with Gasteiger partial charge in [0.05, 0.1) is 19.9 Å². The third-order valence-corrected chi connectivity index (χ3v) is 4.55. The summed E-state index contributed by atoms with van der Waals surface area (Å²) >= 11 is 0. The van der Waals surface area contributed by atoms with Gasteiger partial charge in [0.1, 0.15) is 11.5 Å². The molecule has 21 heavy (non-hydrogen) atoms. The van der Waals surface area contributed by atoms with E-state index in [1.165, 1.54) is 44.9 Å². The molecule has 3 heteroatoms. The minimum absolute atomic E-state index is 0.564. The number of benzene rings is 1. The lowest BCUT2D eigenvalue weighted by Gasteiger charge is -2.20. The predicted octanol–water partition coefficient (Wildman–Crippen LogP) is 4.86. The normalized spacial score (nSPS) is 22.4. The molecule has 2 unspecified atom stereocenters. The summed E-state index contributed by atoms with van der Waals surface area (Å²) in [6.07, 6.45) is 9.30. The van der Waals surface area contributed by atoms with Gasteiger partial charge in [0, 0.05) is 12.1 Å². The second-order valence-corrected chi connectivity index (χ2v) is 6.07. The quantitative estimate of drug-likeness (QED) is 0.759. The molecule has 0 aliphatic heterocycles. The molecular formula is C18H29NO2. The fourth-order valence-electron chi connectivity index (χ4n) is 3.36. The Balaban J connectivity index is 1.98. The van der Waals surface area contributed by atoms with Gasteiger partial charge in [0.25, 0.3) is 0 Å². The molecule has 0 bridgehead atoms. The van der Waals surface area contributed by atoms with Gasteiger partial charge in [-0.15, -0.1) is 0 Å². The minimum Gasteiger partial charge on any atom is -0.497 e. The summed E-state index contributed by atoms with van der Waals surface area (Å²) in [5.74, 6) is 2.63. The molecule has 1 aromatic rings. The van der Waals surface area contributed by atoms with Crippen LogP contribution in [-0.2, 0) is 0 Å². The van der Waals surface area contributed by atoms with Crippen LogP contribution in [0.2, 0.25) is 0 Å². The van der Waals surface area contributed by atoms with Crippen molar-refractivity contribution >= 4 is 5.69 Å². The molecule has 0 radical (unpaired) electrons. The molecule has 1 saturated carbocycles. The number of anilines is 1. The Labute approximate surface area is 129 Å². The van der Waals surface area contributed by atoms with E-state index in [-0.39, 0.29) is 0 Å². The number of methoxy groups -OCH3 is 2. The largest absolute Gasteiger partial charge is 0.497 e. The first-order chi connectivity index (χ1) is 10.3. The Morgan fingerprint density at radius 2 is 1.95 bits per heavy atom. The van der Waals surface area contributed by atoms with Crippen molar-refractivity contribution in [3.05, 3.63) is 18.2 Å². The van der Waals surface area contributed by atoms with Crippen molar-refractivity contribution in [2.75, 3.05) is 19.5 Å². The maximum Gasteiger partial charge on any atom is 0.145 e. The monoisotopic (exact) mass is 291 g/mol. The van der Waals surface area contributed by atoms with Gasteiger partial charge in [0.15, 0.2) is 0 Å². The van der Waals surface area contributed by atoms with Gasteiger partial charge in [-0.05, 0) is 37.3 Å². The van der Waals surface area contributed by atoms with E-state index in [4.69, 9.17) is 9.47 Å². The van der Waals surface area contributed by atoms with E-state index in [1.54, 1.807) is 14.2 Å². The first-order valence-corrected chi connectivity index (χ1v) is 8.25. The SMILES string of the molecule is CCCC1CCCC(Nc2ccc(OC)cc2OC)CC1. The number of rotatable bonds is 6. The molecule has 3 nitrogen and oxygen atoms in total. The highest BCUT2D eigenvalue weighted by Crippen LogP contribution is 2.33. The number of ether oxygens (including phenoxy) is 2. The van der Waals surface area contributed by atoms with E-state index in [2.05, 4.69) is 18.3 Å². The number of hydrogen-bond acceptors (Lipinski definition) is 3. The van der Waals surface area contributed by atoms with Crippen molar-refractivity contribution in [1.29, 1.82) is 0 Å². The van der Waals surface area contributed by atoms with E-state index in [0.717, 1.165) is 23.1 Å². The zero-order valence-electron chi connectivity index (χ0n) is 13.7. The van der Waals surface area contributed by atoms with Crippen LogP contribution in [0.15, 0.2) is 18.2 Å². The van der Waals surface area contributed by atoms with Crippen LogP contribution in [0, 0.1) is 5.92 Å². The van der Waals surface area contributed by atoms with Crippen LogP contribution in [0.25, 0.3) is 0 Å². The van der Waals surface area contributed by atoms with Crippen LogP contribution in [0.5, 0.6) is 11.5 Å². The highest BCUT2D eigenvalue weighted by atomic mass is 16.5. The van der Waals surface area contributed by atoms with Gasteiger partial charge in [0.2, 0.25) is 0 Å². The van der Waals surface area contributed by atoms with Crippen molar-refractivity contribution in [2.24, 2.45) is 5.92 Å². The highest BCUT2D eigenvalue weighted by Gasteiger charge is 2.19. The van der Waals surface area contributed by atoms with Gasteiger partial charge in [-0.25, -0.2) is 0 Å². The van der Waals surface area contributed by atoms with Gasteiger partial charge in [-0.3, -0.25) is 0 Å². The molecule has 1 fully saturated rings. The lowest BCUT2D eigenvalue weighted by Crippen LogP contribution is -2.19. The standard InChI is InChI=1S/C18H29NO2/c1-4-6-14-7-5-8-15(10-9-14)19-17-12-11-16(20-2)13-18(17)21-3/h11-15,19H,4-10H2,1-3H3. The summed E-state index contributed by atoms with van der Waals surface area (Å²) in [6, 6.07) is 6.56. The first kappa shape index (κ1) is 16.0. The molecule has 2 atom stereocenters. The Kier molecular flexibility index (Phi) is 6.21. The Morgan fingerprint density at radius 3 is 2.67 bits per heavy atom. The molecule has 1 aliphatic carbocycles. The average Bonchev–Trinajstić information content (AvgIpc) is 2.73. The van der Waals surface area contributed by atoms with Crippen molar-refractivity contribution in [3.63, 3.8) is 0 Å². The van der Waals surface area contributed by atoms with Crippen molar-refractivity contribution in [3.8, 4) is 11.5 Å². The summed E-state index contributed by atoms with van der Waals surface area (Å²) in [5.41, 5.74) is 1.08. The zero-order chi connectivity index (χ0) is 15.1. The van der Waals surface area contributed by atoms with E-state index < -0.39 is 0 Å². The van der Waals surface area contributed by atoms with E-state index in [1.807, 2.05) is 12.1 Å². The van der Waals surface area contributed by atoms with Crippen LogP contribution in [0.1, 0.15) is 51.9 Å². The van der Waals surface area contributed by atoms with Crippen LogP contribution in [0.3, 0.4) is 0 Å². The highest BCUT2D eigenvalue weighted by molar-refractivity contribution is 5.59. The third kappa shape index (κ3) is 4.55. The molecular weight excluding hydrogens is 262 g/mol. The Morgan fingerprint density at radius 1 is 1.10 bits per heavy atom. The number of hydrogen-bond donors (Lipinski definition) is 1. The van der Waals surface area contributed by atoms with Crippen molar-refractivity contribution in [2.45, 2.75) is 57.9 Å². The van der Waals surface area contributed by atoms with Gasteiger partial charge in [-0.2, -0.15) is 0 Å². The molecule has 0 saturated heterocycles. The Bertz CT molecular complexity index is 433. The third-order valence-electron chi connectivity index (χ3n) is 4.55. The molecule has 2 rings (SSSR count). The maximum atomic E-state index is 5.48. The van der Waals surface area contributed by atoms with Crippen LogP contribution >= 0.6 is 0 Å². The topological polar surface area (TPSA) is 30.5 Å². The fraction of sp³-hybridized carbons (Fsp3) is 0.667. The first-order valence-electron chi connectivity index (χ1n) is 8.25. The molecule has 0 spiro atoms. The molecule has 118 valence electrons. The van der Waals surface area contributed by atoms with E-state index in [9.17, 15) is 0 Å². The van der Waals surface area contributed by atoms with Crippen LogP contribution < -0.4 is 14.8 Å². The lowest BCUT2D eigenvalue weighted by atomic mass is 9.95. The number of nitrogens with one attached hydrogen (secondary N) is 1. The molecule has 1 aromatic carbocycles. The molecule has 1 N–H and O–H groups in total. The van der Waals surface area contributed by atoms with Crippen LogP contribution in [-0.4, -0.2) is 20.3 Å². The molecule has 0 heterocycles. The summed E-state index contributed by atoms with van der Waals surface area (Å²) in [6.45, 7) is 2.29. The molecule has 0 aromatic heterocycles. The zero-order valence-corrected chi connectivity index (χ0v) is 13.7. The van der Waals surface area contributed by atoms with Gasteiger partial charge in [-0.1, -0.05) is 32.6 Å². The molecule has 0 amide bonds. The van der Waals surface area contributed by atoms with Gasteiger partial charge >= 0.3 is 0 Å². The maximum absolute atomic E-state index is 5.48. The second kappa shape index (κ2) is 8.16. The van der Waals surface area contributed by atoms with Crippen LogP contribution in [0.4, 0.5) is 5.69 Å². The summed E-state index contributed by atoms with van der Waals surface area (Å²) in [5, 5.41) is 3.67. The van der Waals surface area contributed by atoms with Crippen molar-refractivity contribution in [1.82, 2.24) is 0 Å². The predicted molar refractivity (Wildman–Crippen MR) is 88.4 cm³/mol. The van der Waals surface area contributed by atoms with E-state index >= 15 is 0 Å².